The first kappa shape index (κ1) is 12.0. The van der Waals surface area contributed by atoms with Crippen molar-refractivity contribution in [2.45, 2.75) is 13.0 Å². The summed E-state index contributed by atoms with van der Waals surface area (Å²) >= 11 is 7.47. The molecule has 0 aliphatic heterocycles. The van der Waals surface area contributed by atoms with Crippen LogP contribution in [0, 0.1) is 0 Å². The lowest BCUT2D eigenvalue weighted by atomic mass is 10.4. The Morgan fingerprint density at radius 3 is 2.79 bits per heavy atom. The van der Waals surface area contributed by atoms with Crippen molar-refractivity contribution >= 4 is 22.9 Å². The van der Waals surface area contributed by atoms with Gasteiger partial charge in [-0.2, -0.15) is 0 Å². The fraction of sp³-hybridized carbons (Fsp3) is 0.600. The number of rotatable bonds is 6. The van der Waals surface area contributed by atoms with Crippen LogP contribution in [-0.4, -0.2) is 32.1 Å². The summed E-state index contributed by atoms with van der Waals surface area (Å²) in [7, 11) is 4.19. The molecule has 0 aliphatic carbocycles. The first-order valence-corrected chi connectivity index (χ1v) is 5.97. The lowest BCUT2D eigenvalue weighted by Gasteiger charge is -2.09. The second-order valence-electron chi connectivity index (χ2n) is 3.54. The summed E-state index contributed by atoms with van der Waals surface area (Å²) in [5, 5.41) is 3.40. The van der Waals surface area contributed by atoms with Crippen molar-refractivity contribution in [2.24, 2.45) is 0 Å². The van der Waals surface area contributed by atoms with Gasteiger partial charge in [0.05, 0.1) is 4.34 Å². The van der Waals surface area contributed by atoms with Crippen LogP contribution < -0.4 is 5.32 Å². The highest BCUT2D eigenvalue weighted by Gasteiger charge is 1.96. The van der Waals surface area contributed by atoms with Gasteiger partial charge in [-0.25, -0.2) is 0 Å². The highest BCUT2D eigenvalue weighted by atomic mass is 35.5. The van der Waals surface area contributed by atoms with Gasteiger partial charge in [0.1, 0.15) is 0 Å². The van der Waals surface area contributed by atoms with E-state index >= 15 is 0 Å². The first-order chi connectivity index (χ1) is 6.68. The number of nitrogens with zero attached hydrogens (tertiary/aromatic N) is 1. The third-order valence-electron chi connectivity index (χ3n) is 1.89. The maximum atomic E-state index is 5.83. The van der Waals surface area contributed by atoms with E-state index in [9.17, 15) is 0 Å². The number of hydrogen-bond donors (Lipinski definition) is 1. The minimum absolute atomic E-state index is 0.870. The SMILES string of the molecule is CN(C)CCCNCc1ccc(Cl)s1. The van der Waals surface area contributed by atoms with E-state index in [4.69, 9.17) is 11.6 Å². The van der Waals surface area contributed by atoms with E-state index in [1.165, 1.54) is 11.3 Å². The Kier molecular flexibility index (Phi) is 5.48. The molecule has 4 heteroatoms. The molecule has 1 aromatic rings. The molecule has 0 unspecified atom stereocenters. The predicted molar refractivity (Wildman–Crippen MR) is 64.2 cm³/mol. The zero-order valence-corrected chi connectivity index (χ0v) is 10.3. The van der Waals surface area contributed by atoms with E-state index < -0.39 is 0 Å². The van der Waals surface area contributed by atoms with Gasteiger partial charge in [0, 0.05) is 11.4 Å². The van der Waals surface area contributed by atoms with Crippen molar-refractivity contribution in [3.05, 3.63) is 21.3 Å². The Morgan fingerprint density at radius 2 is 2.21 bits per heavy atom. The summed E-state index contributed by atoms with van der Waals surface area (Å²) < 4.78 is 0.870. The van der Waals surface area contributed by atoms with Crippen molar-refractivity contribution in [3.8, 4) is 0 Å². The molecule has 0 atom stereocenters. The van der Waals surface area contributed by atoms with Gasteiger partial charge in [-0.05, 0) is 45.7 Å². The first-order valence-electron chi connectivity index (χ1n) is 4.78. The van der Waals surface area contributed by atoms with E-state index in [2.05, 4.69) is 30.4 Å². The zero-order valence-electron chi connectivity index (χ0n) is 8.72. The Labute approximate surface area is 94.9 Å². The van der Waals surface area contributed by atoms with Gasteiger partial charge in [-0.15, -0.1) is 11.3 Å². The number of thiophene rings is 1. The Bertz CT molecular complexity index is 260. The number of hydrogen-bond acceptors (Lipinski definition) is 3. The van der Waals surface area contributed by atoms with Gasteiger partial charge >= 0.3 is 0 Å². The van der Waals surface area contributed by atoms with Crippen LogP contribution in [0.15, 0.2) is 12.1 Å². The van der Waals surface area contributed by atoms with Crippen molar-refractivity contribution in [3.63, 3.8) is 0 Å². The average molecular weight is 233 g/mol. The third kappa shape index (κ3) is 4.96. The van der Waals surface area contributed by atoms with Crippen molar-refractivity contribution in [1.29, 1.82) is 0 Å². The molecular weight excluding hydrogens is 216 g/mol. The van der Waals surface area contributed by atoms with Crippen molar-refractivity contribution in [2.75, 3.05) is 27.2 Å². The van der Waals surface area contributed by atoms with E-state index in [1.807, 2.05) is 6.07 Å². The summed E-state index contributed by atoms with van der Waals surface area (Å²) in [6.07, 6.45) is 1.19. The molecule has 0 bridgehead atoms. The maximum Gasteiger partial charge on any atom is 0.0931 e. The molecule has 0 aromatic carbocycles. The molecule has 14 heavy (non-hydrogen) atoms. The van der Waals surface area contributed by atoms with E-state index in [-0.39, 0.29) is 0 Å². The molecule has 0 saturated heterocycles. The van der Waals surface area contributed by atoms with Crippen LogP contribution in [0.3, 0.4) is 0 Å². The van der Waals surface area contributed by atoms with Gasteiger partial charge in [-0.3, -0.25) is 0 Å². The summed E-state index contributed by atoms with van der Waals surface area (Å²) in [5.74, 6) is 0. The minimum atomic E-state index is 0.870. The normalized spacial score (nSPS) is 11.1. The quantitative estimate of drug-likeness (QED) is 0.758. The molecule has 80 valence electrons. The third-order valence-corrected chi connectivity index (χ3v) is 3.12. The fourth-order valence-electron chi connectivity index (χ4n) is 1.18. The monoisotopic (exact) mass is 232 g/mol. The second-order valence-corrected chi connectivity index (χ2v) is 5.34. The highest BCUT2D eigenvalue weighted by Crippen LogP contribution is 2.20. The average Bonchev–Trinajstić information content (AvgIpc) is 2.50. The Morgan fingerprint density at radius 1 is 1.43 bits per heavy atom. The summed E-state index contributed by atoms with van der Waals surface area (Å²) in [6, 6.07) is 4.02. The Hall–Kier alpha value is -0.0900. The van der Waals surface area contributed by atoms with Gasteiger partial charge in [0.15, 0.2) is 0 Å². The molecule has 0 saturated carbocycles. The zero-order chi connectivity index (χ0) is 10.4. The standard InChI is InChI=1S/C10H17ClN2S/c1-13(2)7-3-6-12-8-9-4-5-10(11)14-9/h4-5,12H,3,6-8H2,1-2H3. The molecule has 0 spiro atoms. The molecule has 0 amide bonds. The number of halogens is 1. The highest BCUT2D eigenvalue weighted by molar-refractivity contribution is 7.16. The predicted octanol–water partition coefficient (Wildman–Crippen LogP) is 2.44. The topological polar surface area (TPSA) is 15.3 Å². The summed E-state index contributed by atoms with van der Waals surface area (Å²) in [4.78, 5) is 3.50. The molecule has 0 fully saturated rings. The van der Waals surface area contributed by atoms with Crippen LogP contribution in [0.5, 0.6) is 0 Å². The fourth-order valence-corrected chi connectivity index (χ4v) is 2.24. The van der Waals surface area contributed by atoms with Crippen LogP contribution in [0.25, 0.3) is 0 Å². The van der Waals surface area contributed by atoms with Crippen LogP contribution in [0.4, 0.5) is 0 Å². The number of nitrogens with one attached hydrogen (secondary N) is 1. The molecule has 1 N–H and O–H groups in total. The van der Waals surface area contributed by atoms with E-state index in [0.29, 0.717) is 0 Å². The van der Waals surface area contributed by atoms with Crippen LogP contribution in [0.1, 0.15) is 11.3 Å². The molecule has 1 heterocycles. The molecule has 0 aliphatic rings. The lowest BCUT2D eigenvalue weighted by Crippen LogP contribution is -2.20. The second kappa shape index (κ2) is 6.40. The van der Waals surface area contributed by atoms with Crippen LogP contribution >= 0.6 is 22.9 Å². The largest absolute Gasteiger partial charge is 0.312 e. The molecule has 0 radical (unpaired) electrons. The maximum absolute atomic E-state index is 5.83. The molecule has 2 nitrogen and oxygen atoms in total. The summed E-state index contributed by atoms with van der Waals surface area (Å²) in [6.45, 7) is 3.14. The van der Waals surface area contributed by atoms with Crippen LogP contribution in [-0.2, 0) is 6.54 Å². The molecular formula is C10H17ClN2S. The molecule has 1 rings (SSSR count). The van der Waals surface area contributed by atoms with E-state index in [1.54, 1.807) is 11.3 Å². The van der Waals surface area contributed by atoms with Crippen molar-refractivity contribution in [1.82, 2.24) is 10.2 Å². The van der Waals surface area contributed by atoms with Crippen LogP contribution in [0.2, 0.25) is 4.34 Å². The van der Waals surface area contributed by atoms with Gasteiger partial charge in [0.25, 0.3) is 0 Å². The van der Waals surface area contributed by atoms with Gasteiger partial charge in [-0.1, -0.05) is 11.6 Å². The minimum Gasteiger partial charge on any atom is -0.312 e. The smallest absolute Gasteiger partial charge is 0.0931 e. The molecule has 1 aromatic heterocycles. The van der Waals surface area contributed by atoms with E-state index in [0.717, 1.165) is 24.0 Å². The van der Waals surface area contributed by atoms with Crippen molar-refractivity contribution < 1.29 is 0 Å². The summed E-state index contributed by atoms with van der Waals surface area (Å²) in [5.41, 5.74) is 0. The Balaban J connectivity index is 2.04. The van der Waals surface area contributed by atoms with Gasteiger partial charge in [0.2, 0.25) is 0 Å². The van der Waals surface area contributed by atoms with Gasteiger partial charge < -0.3 is 10.2 Å². The lowest BCUT2D eigenvalue weighted by molar-refractivity contribution is 0.394.